The van der Waals surface area contributed by atoms with Crippen LogP contribution in [0.25, 0.3) is 0 Å². The molecular formula is C33H31ClN2O5. The van der Waals surface area contributed by atoms with Gasteiger partial charge in [0.05, 0.1) is 11.8 Å². The highest BCUT2D eigenvalue weighted by Gasteiger charge is 2.63. The summed E-state index contributed by atoms with van der Waals surface area (Å²) < 4.78 is 5.43. The topological polar surface area (TPSA) is 92.8 Å². The number of carbonyl (C=O) groups excluding carboxylic acids is 4. The quantitative estimate of drug-likeness (QED) is 0.282. The van der Waals surface area contributed by atoms with E-state index in [0.717, 1.165) is 33.6 Å². The molecule has 1 fully saturated rings. The number of benzene rings is 3. The van der Waals surface area contributed by atoms with Gasteiger partial charge in [-0.05, 0) is 53.3 Å². The van der Waals surface area contributed by atoms with Crippen molar-refractivity contribution < 1.29 is 23.9 Å². The Morgan fingerprint density at radius 1 is 0.878 bits per heavy atom. The predicted octanol–water partition coefficient (Wildman–Crippen LogP) is 5.58. The van der Waals surface area contributed by atoms with E-state index in [1.54, 1.807) is 25.1 Å². The van der Waals surface area contributed by atoms with E-state index in [9.17, 15) is 19.2 Å². The molecule has 1 aliphatic heterocycles. The molecule has 2 bridgehead atoms. The average molecular weight is 571 g/mol. The van der Waals surface area contributed by atoms with Crippen LogP contribution in [0.3, 0.4) is 0 Å². The van der Waals surface area contributed by atoms with Crippen molar-refractivity contribution in [3.8, 4) is 0 Å². The molecule has 0 aromatic heterocycles. The van der Waals surface area contributed by atoms with Gasteiger partial charge in [-0.25, -0.2) is 4.79 Å². The number of unbranched alkanes of at least 4 members (excludes halogenated alkanes) is 1. The number of nitrogens with one attached hydrogen (secondary N) is 1. The zero-order valence-electron chi connectivity index (χ0n) is 22.9. The SMILES string of the molecule is CCCC[C@H](C(=O)OCC(=O)Nc1cccc(Cl)c1C)N1C(=O)[C@@H]2C3c4ccccc4C(c4ccccc43)[C@H]2C1=O. The highest BCUT2D eigenvalue weighted by Crippen LogP contribution is 2.61. The average Bonchev–Trinajstić information content (AvgIpc) is 3.24. The number of esters is 1. The third kappa shape index (κ3) is 4.43. The predicted molar refractivity (Wildman–Crippen MR) is 154 cm³/mol. The summed E-state index contributed by atoms with van der Waals surface area (Å²) >= 11 is 6.14. The van der Waals surface area contributed by atoms with Crippen LogP contribution in [0.15, 0.2) is 66.7 Å². The Balaban J connectivity index is 1.26. The lowest BCUT2D eigenvalue weighted by Gasteiger charge is -2.45. The van der Waals surface area contributed by atoms with Crippen molar-refractivity contribution in [1.29, 1.82) is 0 Å². The molecule has 210 valence electrons. The summed E-state index contributed by atoms with van der Waals surface area (Å²) in [6, 6.07) is 20.1. The number of carbonyl (C=O) groups is 4. The molecule has 1 N–H and O–H groups in total. The van der Waals surface area contributed by atoms with E-state index in [4.69, 9.17) is 16.3 Å². The Kier molecular flexibility index (Phi) is 7.16. The van der Waals surface area contributed by atoms with E-state index in [1.165, 1.54) is 0 Å². The van der Waals surface area contributed by atoms with Gasteiger partial charge in [0.15, 0.2) is 6.61 Å². The summed E-state index contributed by atoms with van der Waals surface area (Å²) in [4.78, 5) is 55.5. The third-order valence-corrected chi connectivity index (χ3v) is 9.19. The maximum absolute atomic E-state index is 14.1. The molecule has 3 aliphatic carbocycles. The van der Waals surface area contributed by atoms with E-state index < -0.39 is 36.4 Å². The van der Waals surface area contributed by atoms with Crippen LogP contribution in [0, 0.1) is 18.8 Å². The van der Waals surface area contributed by atoms with Crippen molar-refractivity contribution in [2.45, 2.75) is 51.0 Å². The minimum Gasteiger partial charge on any atom is -0.454 e. The van der Waals surface area contributed by atoms with E-state index in [0.29, 0.717) is 22.7 Å². The lowest BCUT2D eigenvalue weighted by molar-refractivity contribution is -0.160. The molecule has 1 saturated heterocycles. The molecule has 4 aliphatic rings. The van der Waals surface area contributed by atoms with Gasteiger partial charge in [0, 0.05) is 22.5 Å². The van der Waals surface area contributed by atoms with Crippen LogP contribution in [0.4, 0.5) is 5.69 Å². The second-order valence-corrected chi connectivity index (χ2v) is 11.4. The Bertz CT molecular complexity index is 1450. The monoisotopic (exact) mass is 570 g/mol. The number of ether oxygens (including phenoxy) is 1. The summed E-state index contributed by atoms with van der Waals surface area (Å²) in [5, 5.41) is 3.21. The van der Waals surface area contributed by atoms with Crippen molar-refractivity contribution in [3.63, 3.8) is 0 Å². The first kappa shape index (κ1) is 27.2. The van der Waals surface area contributed by atoms with Crippen molar-refractivity contribution in [1.82, 2.24) is 4.90 Å². The molecule has 0 radical (unpaired) electrons. The molecule has 3 aromatic rings. The molecule has 0 saturated carbocycles. The molecule has 3 atom stereocenters. The third-order valence-electron chi connectivity index (χ3n) is 8.78. The van der Waals surface area contributed by atoms with E-state index in [2.05, 4.69) is 5.32 Å². The van der Waals surface area contributed by atoms with Crippen molar-refractivity contribution >= 4 is 41.0 Å². The summed E-state index contributed by atoms with van der Waals surface area (Å²) in [6.45, 7) is 3.21. The Morgan fingerprint density at radius 2 is 1.41 bits per heavy atom. The van der Waals surface area contributed by atoms with Gasteiger partial charge in [-0.2, -0.15) is 0 Å². The first-order chi connectivity index (χ1) is 19.8. The first-order valence-corrected chi connectivity index (χ1v) is 14.5. The van der Waals surface area contributed by atoms with Crippen LogP contribution in [0.1, 0.15) is 65.8 Å². The number of likely N-dealkylation sites (tertiary alicyclic amines) is 1. The minimum atomic E-state index is -1.09. The fourth-order valence-electron chi connectivity index (χ4n) is 6.92. The molecule has 3 aromatic carbocycles. The molecule has 0 spiro atoms. The van der Waals surface area contributed by atoms with Crippen molar-refractivity contribution in [2.75, 3.05) is 11.9 Å². The van der Waals surface area contributed by atoms with Gasteiger partial charge in [-0.1, -0.05) is 86.0 Å². The van der Waals surface area contributed by atoms with E-state index in [-0.39, 0.29) is 30.1 Å². The second-order valence-electron chi connectivity index (χ2n) is 11.0. The zero-order valence-corrected chi connectivity index (χ0v) is 23.7. The van der Waals surface area contributed by atoms with Crippen LogP contribution < -0.4 is 5.32 Å². The fraction of sp³-hybridized carbons (Fsp3) is 0.333. The molecule has 1 heterocycles. The summed E-state index contributed by atoms with van der Waals surface area (Å²) in [5.74, 6) is -3.63. The fourth-order valence-corrected chi connectivity index (χ4v) is 7.09. The van der Waals surface area contributed by atoms with Crippen LogP contribution in [0.5, 0.6) is 0 Å². The molecular weight excluding hydrogens is 540 g/mol. The van der Waals surface area contributed by atoms with Gasteiger partial charge in [0.2, 0.25) is 11.8 Å². The number of hydrogen-bond acceptors (Lipinski definition) is 5. The number of rotatable bonds is 8. The summed E-state index contributed by atoms with van der Waals surface area (Å²) in [6.07, 6.45) is 1.66. The molecule has 7 nitrogen and oxygen atoms in total. The first-order valence-electron chi connectivity index (χ1n) is 14.1. The number of hydrogen-bond donors (Lipinski definition) is 1. The Hall–Kier alpha value is -3.97. The number of anilines is 1. The number of halogens is 1. The van der Waals surface area contributed by atoms with Gasteiger partial charge < -0.3 is 10.1 Å². The largest absolute Gasteiger partial charge is 0.454 e. The van der Waals surface area contributed by atoms with Gasteiger partial charge in [0.1, 0.15) is 6.04 Å². The Morgan fingerprint density at radius 3 is 1.93 bits per heavy atom. The number of imide groups is 1. The Labute approximate surface area is 243 Å². The smallest absolute Gasteiger partial charge is 0.329 e. The van der Waals surface area contributed by atoms with Crippen LogP contribution >= 0.6 is 11.6 Å². The highest BCUT2D eigenvalue weighted by atomic mass is 35.5. The summed E-state index contributed by atoms with van der Waals surface area (Å²) in [5.41, 5.74) is 5.50. The van der Waals surface area contributed by atoms with Crippen molar-refractivity contribution in [3.05, 3.63) is 99.6 Å². The van der Waals surface area contributed by atoms with E-state index in [1.807, 2.05) is 55.5 Å². The number of amides is 3. The molecule has 0 unspecified atom stereocenters. The molecule has 3 amide bonds. The maximum atomic E-state index is 14.1. The molecule has 8 heteroatoms. The molecule has 41 heavy (non-hydrogen) atoms. The normalized spacial score (nSPS) is 22.6. The summed E-state index contributed by atoms with van der Waals surface area (Å²) in [7, 11) is 0. The van der Waals surface area contributed by atoms with E-state index >= 15 is 0 Å². The van der Waals surface area contributed by atoms with Crippen LogP contribution in [-0.2, 0) is 23.9 Å². The van der Waals surface area contributed by atoms with Gasteiger partial charge in [-0.3, -0.25) is 19.3 Å². The van der Waals surface area contributed by atoms with Crippen molar-refractivity contribution in [2.24, 2.45) is 11.8 Å². The van der Waals surface area contributed by atoms with Gasteiger partial charge >= 0.3 is 5.97 Å². The van der Waals surface area contributed by atoms with Crippen LogP contribution in [0.2, 0.25) is 5.02 Å². The zero-order chi connectivity index (χ0) is 28.8. The molecule has 7 rings (SSSR count). The highest BCUT2D eigenvalue weighted by molar-refractivity contribution is 6.31. The second kappa shape index (κ2) is 10.8. The van der Waals surface area contributed by atoms with Crippen LogP contribution in [-0.4, -0.2) is 41.2 Å². The number of nitrogens with zero attached hydrogens (tertiary/aromatic N) is 1. The van der Waals surface area contributed by atoms with Gasteiger partial charge in [-0.15, -0.1) is 0 Å². The lowest BCUT2D eigenvalue weighted by Crippen LogP contribution is -2.47. The van der Waals surface area contributed by atoms with Gasteiger partial charge in [0.25, 0.3) is 5.91 Å². The standard InChI is InChI=1S/C33H31ClN2O5/c1-3-4-16-25(33(40)41-17-26(37)35-24-15-9-14-23(34)18(24)2)36-31(38)29-27-19-10-5-6-11-20(19)28(30(29)32(36)39)22-13-8-7-12-21(22)27/h5-15,25,27-30H,3-4,16-17H2,1-2H3,(H,35,37)/t25-,27?,28?,29-,30-/m1/s1. The maximum Gasteiger partial charge on any atom is 0.329 e. The minimum absolute atomic E-state index is 0.256. The lowest BCUT2D eigenvalue weighted by atomic mass is 9.55.